The van der Waals surface area contributed by atoms with Crippen molar-refractivity contribution < 1.29 is 23.9 Å². The molecule has 0 spiro atoms. The second kappa shape index (κ2) is 3.49. The van der Waals surface area contributed by atoms with Crippen LogP contribution >= 0.6 is 0 Å². The number of fused-ring (bicyclic) bond motifs is 1. The Balaban J connectivity index is 2.22. The Labute approximate surface area is 86.0 Å². The molecule has 1 saturated heterocycles. The number of carbonyl (C=O) groups is 3. The van der Waals surface area contributed by atoms with E-state index < -0.39 is 35.8 Å². The zero-order chi connectivity index (χ0) is 11.0. The molecule has 1 aliphatic carbocycles. The lowest BCUT2D eigenvalue weighted by Crippen LogP contribution is -2.35. The van der Waals surface area contributed by atoms with E-state index in [0.717, 1.165) is 0 Å². The highest BCUT2D eigenvalue weighted by atomic mass is 16.6. The van der Waals surface area contributed by atoms with E-state index in [4.69, 9.17) is 4.74 Å². The smallest absolute Gasteiger partial charge is 0.321 e. The molecule has 0 aromatic rings. The molecule has 0 bridgehead atoms. The molecule has 1 aliphatic heterocycles. The van der Waals surface area contributed by atoms with Gasteiger partial charge in [-0.15, -0.1) is 0 Å². The van der Waals surface area contributed by atoms with Gasteiger partial charge in [0, 0.05) is 13.3 Å². The molecule has 3 atom stereocenters. The van der Waals surface area contributed by atoms with Gasteiger partial charge >= 0.3 is 17.9 Å². The summed E-state index contributed by atoms with van der Waals surface area (Å²) in [4.78, 5) is 33.4. The molecule has 1 fully saturated rings. The zero-order valence-electron chi connectivity index (χ0n) is 8.14. The van der Waals surface area contributed by atoms with E-state index in [-0.39, 0.29) is 0 Å². The summed E-state index contributed by atoms with van der Waals surface area (Å²) in [6, 6.07) is 0. The van der Waals surface area contributed by atoms with Crippen LogP contribution in [-0.2, 0) is 23.9 Å². The molecule has 0 aromatic carbocycles. The van der Waals surface area contributed by atoms with Gasteiger partial charge in [-0.05, 0) is 0 Å². The maximum atomic E-state index is 11.3. The van der Waals surface area contributed by atoms with Crippen molar-refractivity contribution in [1.29, 1.82) is 0 Å². The fourth-order valence-electron chi connectivity index (χ4n) is 1.95. The summed E-state index contributed by atoms with van der Waals surface area (Å²) in [7, 11) is 0. The van der Waals surface area contributed by atoms with Gasteiger partial charge in [0.25, 0.3) is 0 Å². The Morgan fingerprint density at radius 1 is 1.47 bits per heavy atom. The molecule has 2 aliphatic rings. The highest BCUT2D eigenvalue weighted by molar-refractivity contribution is 5.98. The Kier molecular flexibility index (Phi) is 2.30. The topological polar surface area (TPSA) is 69.7 Å². The molecule has 0 saturated carbocycles. The number of esters is 3. The number of hydrogen-bond acceptors (Lipinski definition) is 5. The number of cyclic esters (lactones) is 2. The molecule has 5 nitrogen and oxygen atoms in total. The van der Waals surface area contributed by atoms with Gasteiger partial charge in [0.05, 0.1) is 5.92 Å². The Hall–Kier alpha value is -1.65. The molecule has 80 valence electrons. The standard InChI is InChI=1S/C10H10O5/c1-5(11)14-7-4-2-3-6-8(7)10(13)15-9(6)12/h2-3,6-8H,4H2,1H3. The molecular weight excluding hydrogens is 200 g/mol. The number of hydrogen-bond donors (Lipinski definition) is 0. The normalized spacial score (nSPS) is 33.5. The summed E-state index contributed by atoms with van der Waals surface area (Å²) in [5, 5.41) is 0. The first-order chi connectivity index (χ1) is 7.09. The zero-order valence-corrected chi connectivity index (χ0v) is 8.14. The van der Waals surface area contributed by atoms with Crippen molar-refractivity contribution in [2.45, 2.75) is 19.4 Å². The van der Waals surface area contributed by atoms with Gasteiger partial charge in [-0.25, -0.2) is 0 Å². The maximum absolute atomic E-state index is 11.3. The molecule has 15 heavy (non-hydrogen) atoms. The van der Waals surface area contributed by atoms with Gasteiger partial charge in [0.2, 0.25) is 0 Å². The monoisotopic (exact) mass is 210 g/mol. The predicted octanol–water partition coefficient (Wildman–Crippen LogP) is 0.194. The van der Waals surface area contributed by atoms with Gasteiger partial charge in [-0.2, -0.15) is 0 Å². The first-order valence-corrected chi connectivity index (χ1v) is 4.69. The molecule has 0 N–H and O–H groups in total. The molecule has 2 rings (SSSR count). The Morgan fingerprint density at radius 3 is 2.87 bits per heavy atom. The highest BCUT2D eigenvalue weighted by Gasteiger charge is 2.49. The molecule has 1 heterocycles. The summed E-state index contributed by atoms with van der Waals surface area (Å²) < 4.78 is 9.48. The van der Waals surface area contributed by atoms with Gasteiger partial charge in [-0.1, -0.05) is 12.2 Å². The summed E-state index contributed by atoms with van der Waals surface area (Å²) >= 11 is 0. The van der Waals surface area contributed by atoms with E-state index in [2.05, 4.69) is 4.74 Å². The van der Waals surface area contributed by atoms with Gasteiger partial charge in [-0.3, -0.25) is 14.4 Å². The SMILES string of the molecule is CC(=O)OC1CC=CC2C(=O)OC(=O)C12. The van der Waals surface area contributed by atoms with E-state index >= 15 is 0 Å². The minimum absolute atomic E-state index is 0.448. The third kappa shape index (κ3) is 1.65. The van der Waals surface area contributed by atoms with Crippen molar-refractivity contribution in [3.05, 3.63) is 12.2 Å². The van der Waals surface area contributed by atoms with Crippen LogP contribution < -0.4 is 0 Å². The molecule has 0 amide bonds. The lowest BCUT2D eigenvalue weighted by molar-refractivity contribution is -0.156. The largest absolute Gasteiger partial charge is 0.461 e. The quantitative estimate of drug-likeness (QED) is 0.351. The van der Waals surface area contributed by atoms with Gasteiger partial charge in [0.1, 0.15) is 12.0 Å². The fourth-order valence-corrected chi connectivity index (χ4v) is 1.95. The minimum atomic E-state index is -0.661. The summed E-state index contributed by atoms with van der Waals surface area (Å²) in [5.41, 5.74) is 0. The van der Waals surface area contributed by atoms with Crippen LogP contribution in [0.1, 0.15) is 13.3 Å². The number of carbonyl (C=O) groups excluding carboxylic acids is 3. The number of rotatable bonds is 1. The lowest BCUT2D eigenvalue weighted by Gasteiger charge is -2.24. The van der Waals surface area contributed by atoms with Gasteiger partial charge < -0.3 is 9.47 Å². The third-order valence-corrected chi connectivity index (χ3v) is 2.56. The van der Waals surface area contributed by atoms with E-state index in [1.165, 1.54) is 6.92 Å². The average molecular weight is 210 g/mol. The van der Waals surface area contributed by atoms with Crippen molar-refractivity contribution in [3.8, 4) is 0 Å². The minimum Gasteiger partial charge on any atom is -0.461 e. The lowest BCUT2D eigenvalue weighted by atomic mass is 9.83. The predicted molar refractivity (Wildman–Crippen MR) is 47.4 cm³/mol. The second-order valence-corrected chi connectivity index (χ2v) is 3.60. The summed E-state index contributed by atoms with van der Waals surface area (Å²) in [5.74, 6) is -2.86. The van der Waals surface area contributed by atoms with Crippen molar-refractivity contribution in [2.75, 3.05) is 0 Å². The summed E-state index contributed by atoms with van der Waals surface area (Å²) in [6.07, 6.45) is 3.24. The van der Waals surface area contributed by atoms with Crippen LogP contribution in [-0.4, -0.2) is 24.0 Å². The van der Waals surface area contributed by atoms with Gasteiger partial charge in [0.15, 0.2) is 0 Å². The van der Waals surface area contributed by atoms with E-state index in [1.807, 2.05) is 0 Å². The molecular formula is C10H10O5. The Morgan fingerprint density at radius 2 is 2.20 bits per heavy atom. The molecule has 3 unspecified atom stereocenters. The van der Waals surface area contributed by atoms with Crippen molar-refractivity contribution >= 4 is 17.9 Å². The van der Waals surface area contributed by atoms with E-state index in [0.29, 0.717) is 6.42 Å². The van der Waals surface area contributed by atoms with Crippen LogP contribution in [0.2, 0.25) is 0 Å². The van der Waals surface area contributed by atoms with Crippen molar-refractivity contribution in [2.24, 2.45) is 11.8 Å². The second-order valence-electron chi connectivity index (χ2n) is 3.60. The van der Waals surface area contributed by atoms with Crippen LogP contribution in [0.25, 0.3) is 0 Å². The Bertz CT molecular complexity index is 357. The number of ether oxygens (including phenoxy) is 2. The van der Waals surface area contributed by atoms with Crippen LogP contribution in [0.3, 0.4) is 0 Å². The van der Waals surface area contributed by atoms with Crippen molar-refractivity contribution in [3.63, 3.8) is 0 Å². The average Bonchev–Trinajstić information content (AvgIpc) is 2.43. The van der Waals surface area contributed by atoms with Crippen LogP contribution in [0.5, 0.6) is 0 Å². The van der Waals surface area contributed by atoms with Crippen LogP contribution in [0.4, 0.5) is 0 Å². The van der Waals surface area contributed by atoms with Crippen LogP contribution in [0, 0.1) is 11.8 Å². The van der Waals surface area contributed by atoms with Crippen molar-refractivity contribution in [1.82, 2.24) is 0 Å². The third-order valence-electron chi connectivity index (χ3n) is 2.56. The van der Waals surface area contributed by atoms with E-state index in [9.17, 15) is 14.4 Å². The first kappa shape index (κ1) is 9.89. The molecule has 5 heteroatoms. The van der Waals surface area contributed by atoms with Crippen LogP contribution in [0.15, 0.2) is 12.2 Å². The maximum Gasteiger partial charge on any atom is 0.321 e. The summed E-state index contributed by atoms with van der Waals surface area (Å²) in [6.45, 7) is 1.27. The highest BCUT2D eigenvalue weighted by Crippen LogP contribution is 2.34. The first-order valence-electron chi connectivity index (χ1n) is 4.69. The fraction of sp³-hybridized carbons (Fsp3) is 0.500. The van der Waals surface area contributed by atoms with E-state index in [1.54, 1.807) is 12.2 Å². The molecule has 0 aromatic heterocycles. The molecule has 0 radical (unpaired) electrons.